The Labute approximate surface area is 82.2 Å². The molecule has 1 unspecified atom stereocenters. The van der Waals surface area contributed by atoms with Crippen LogP contribution in [0.2, 0.25) is 0 Å². The van der Waals surface area contributed by atoms with Gasteiger partial charge in [-0.3, -0.25) is 0 Å². The van der Waals surface area contributed by atoms with Gasteiger partial charge in [0.05, 0.1) is 0 Å². The molecule has 2 aliphatic heterocycles. The molecule has 0 N–H and O–H groups in total. The second kappa shape index (κ2) is 2.48. The second-order valence-electron chi connectivity index (χ2n) is 3.29. The molecule has 70 valence electrons. The fraction of sp³-hybridized carbons (Fsp3) is 0.500. The molecule has 0 saturated carbocycles. The number of rotatable bonds is 0. The van der Waals surface area contributed by atoms with Crippen molar-refractivity contribution >= 4 is 23.8 Å². The molecule has 1 atom stereocenters. The smallest absolute Gasteiger partial charge is 0.188 e. The summed E-state index contributed by atoms with van der Waals surface area (Å²) >= 11 is 6.31. The zero-order valence-corrected chi connectivity index (χ0v) is 8.58. The van der Waals surface area contributed by atoms with Crippen molar-refractivity contribution in [2.45, 2.75) is 12.0 Å². The standard InChI is InChI=1S/C8H11ClN4/c1-8(9)12(2)4-6-7(13(8)3)11-5-10-6/h4-5H,1-3H3. The van der Waals surface area contributed by atoms with Gasteiger partial charge in [-0.1, -0.05) is 11.6 Å². The van der Waals surface area contributed by atoms with Crippen LogP contribution in [0.3, 0.4) is 0 Å². The number of amidine groups is 1. The maximum Gasteiger partial charge on any atom is 0.188 e. The molecule has 2 heterocycles. The molecule has 2 aliphatic rings. The van der Waals surface area contributed by atoms with Gasteiger partial charge >= 0.3 is 0 Å². The first-order chi connectivity index (χ1) is 6.03. The maximum atomic E-state index is 6.31. The molecule has 0 radical (unpaired) electrons. The van der Waals surface area contributed by atoms with Gasteiger partial charge in [-0.15, -0.1) is 0 Å². The Hall–Kier alpha value is -1.03. The Morgan fingerprint density at radius 3 is 2.85 bits per heavy atom. The minimum Gasteiger partial charge on any atom is -0.344 e. The van der Waals surface area contributed by atoms with Crippen LogP contribution in [0.4, 0.5) is 0 Å². The lowest BCUT2D eigenvalue weighted by atomic mass is 10.2. The molecule has 0 fully saturated rings. The van der Waals surface area contributed by atoms with E-state index in [1.54, 1.807) is 6.34 Å². The van der Waals surface area contributed by atoms with Gasteiger partial charge in [-0.25, -0.2) is 9.98 Å². The number of hydrogen-bond acceptors (Lipinski definition) is 4. The van der Waals surface area contributed by atoms with Gasteiger partial charge in [0.2, 0.25) is 0 Å². The van der Waals surface area contributed by atoms with Crippen LogP contribution in [0.1, 0.15) is 6.92 Å². The Morgan fingerprint density at radius 2 is 2.15 bits per heavy atom. The van der Waals surface area contributed by atoms with E-state index in [2.05, 4.69) is 9.98 Å². The molecule has 13 heavy (non-hydrogen) atoms. The van der Waals surface area contributed by atoms with Crippen LogP contribution < -0.4 is 0 Å². The molecule has 0 amide bonds. The first-order valence-corrected chi connectivity index (χ1v) is 4.39. The van der Waals surface area contributed by atoms with Crippen molar-refractivity contribution < 1.29 is 0 Å². The van der Waals surface area contributed by atoms with Crippen LogP contribution >= 0.6 is 11.6 Å². The lowest BCUT2D eigenvalue weighted by molar-refractivity contribution is 0.152. The summed E-state index contributed by atoms with van der Waals surface area (Å²) in [5.74, 6) is 0.829. The minimum absolute atomic E-state index is 0.559. The molecular weight excluding hydrogens is 188 g/mol. The molecule has 0 aromatic heterocycles. The summed E-state index contributed by atoms with van der Waals surface area (Å²) < 4.78 is 0. The van der Waals surface area contributed by atoms with Crippen LogP contribution in [0, 0.1) is 0 Å². The second-order valence-corrected chi connectivity index (χ2v) is 4.00. The SMILES string of the molecule is CN1C=C2N=CN=C2N(C)C1(C)Cl. The highest BCUT2D eigenvalue weighted by molar-refractivity contribution is 6.25. The Morgan fingerprint density at radius 1 is 1.46 bits per heavy atom. The third kappa shape index (κ3) is 1.05. The largest absolute Gasteiger partial charge is 0.344 e. The van der Waals surface area contributed by atoms with Gasteiger partial charge in [-0.2, -0.15) is 0 Å². The van der Waals surface area contributed by atoms with Crippen molar-refractivity contribution in [2.75, 3.05) is 14.1 Å². The number of likely N-dealkylation sites (N-methyl/N-ethyl adjacent to an activating group) is 1. The number of alkyl halides is 1. The van der Waals surface area contributed by atoms with Gasteiger partial charge in [0.25, 0.3) is 0 Å². The van der Waals surface area contributed by atoms with E-state index in [0.29, 0.717) is 0 Å². The van der Waals surface area contributed by atoms with Crippen LogP contribution in [-0.2, 0) is 0 Å². The summed E-state index contributed by atoms with van der Waals surface area (Å²) in [6.07, 6.45) is 3.44. The van der Waals surface area contributed by atoms with E-state index >= 15 is 0 Å². The molecule has 0 aliphatic carbocycles. The molecule has 5 heteroatoms. The van der Waals surface area contributed by atoms with Gasteiger partial charge in [0.1, 0.15) is 12.0 Å². The number of nitrogens with zero attached hydrogens (tertiary/aromatic N) is 4. The quantitative estimate of drug-likeness (QED) is 0.431. The molecule has 0 aromatic rings. The van der Waals surface area contributed by atoms with Gasteiger partial charge in [0, 0.05) is 20.3 Å². The zero-order valence-electron chi connectivity index (χ0n) is 7.82. The van der Waals surface area contributed by atoms with E-state index in [0.717, 1.165) is 11.5 Å². The van der Waals surface area contributed by atoms with Gasteiger partial charge < -0.3 is 9.80 Å². The summed E-state index contributed by atoms with van der Waals surface area (Å²) in [5, 5.41) is -0.559. The lowest BCUT2D eigenvalue weighted by Gasteiger charge is -2.44. The first-order valence-electron chi connectivity index (χ1n) is 4.01. The van der Waals surface area contributed by atoms with Crippen LogP contribution in [-0.4, -0.2) is 41.2 Å². The van der Waals surface area contributed by atoms with E-state index in [1.165, 1.54) is 0 Å². The van der Waals surface area contributed by atoms with Crippen molar-refractivity contribution in [3.8, 4) is 0 Å². The minimum atomic E-state index is -0.559. The average molecular weight is 199 g/mol. The molecule has 0 spiro atoms. The van der Waals surface area contributed by atoms with Crippen molar-refractivity contribution in [1.29, 1.82) is 0 Å². The van der Waals surface area contributed by atoms with Crippen molar-refractivity contribution in [2.24, 2.45) is 9.98 Å². The normalized spacial score (nSPS) is 31.7. The van der Waals surface area contributed by atoms with Gasteiger partial charge in [0.15, 0.2) is 11.0 Å². The summed E-state index contributed by atoms with van der Waals surface area (Å²) in [6.45, 7) is 1.92. The van der Waals surface area contributed by atoms with E-state index in [1.807, 2.05) is 37.0 Å². The fourth-order valence-electron chi connectivity index (χ4n) is 1.35. The van der Waals surface area contributed by atoms with Crippen LogP contribution in [0.25, 0.3) is 0 Å². The Kier molecular flexibility index (Phi) is 1.63. The molecule has 4 nitrogen and oxygen atoms in total. The average Bonchev–Trinajstić information content (AvgIpc) is 2.49. The first kappa shape index (κ1) is 8.56. The zero-order chi connectivity index (χ0) is 9.64. The number of aliphatic imine (C=N–C) groups is 2. The summed E-state index contributed by atoms with van der Waals surface area (Å²) in [5.41, 5.74) is 0.864. The number of halogens is 1. The summed E-state index contributed by atoms with van der Waals surface area (Å²) in [4.78, 5) is 12.1. The molecular formula is C8H11ClN4. The van der Waals surface area contributed by atoms with Crippen molar-refractivity contribution in [3.05, 3.63) is 11.9 Å². The molecule has 0 bridgehead atoms. The molecule has 0 saturated heterocycles. The maximum absolute atomic E-state index is 6.31. The molecule has 2 rings (SSSR count). The fourth-order valence-corrected chi connectivity index (χ4v) is 1.48. The third-order valence-electron chi connectivity index (χ3n) is 2.50. The highest BCUT2D eigenvalue weighted by atomic mass is 35.5. The lowest BCUT2D eigenvalue weighted by Crippen LogP contribution is -2.55. The third-order valence-corrected chi connectivity index (χ3v) is 3.02. The van der Waals surface area contributed by atoms with E-state index in [9.17, 15) is 0 Å². The van der Waals surface area contributed by atoms with Crippen molar-refractivity contribution in [3.63, 3.8) is 0 Å². The highest BCUT2D eigenvalue weighted by Crippen LogP contribution is 2.31. The highest BCUT2D eigenvalue weighted by Gasteiger charge is 2.38. The predicted molar refractivity (Wildman–Crippen MR) is 53.8 cm³/mol. The number of hydrogen-bond donors (Lipinski definition) is 0. The molecule has 0 aromatic carbocycles. The van der Waals surface area contributed by atoms with Crippen LogP contribution in [0.5, 0.6) is 0 Å². The predicted octanol–water partition coefficient (Wildman–Crippen LogP) is 1.06. The summed E-state index contributed by atoms with van der Waals surface area (Å²) in [6, 6.07) is 0. The Bertz CT molecular complexity index is 329. The Balaban J connectivity index is 2.47. The van der Waals surface area contributed by atoms with Gasteiger partial charge in [-0.05, 0) is 6.92 Å². The number of fused-ring (bicyclic) bond motifs is 1. The van der Waals surface area contributed by atoms with E-state index in [-0.39, 0.29) is 0 Å². The topological polar surface area (TPSA) is 31.2 Å². The monoisotopic (exact) mass is 198 g/mol. The van der Waals surface area contributed by atoms with Crippen LogP contribution in [0.15, 0.2) is 21.9 Å². The van der Waals surface area contributed by atoms with Crippen molar-refractivity contribution in [1.82, 2.24) is 9.80 Å². The van der Waals surface area contributed by atoms with E-state index < -0.39 is 5.12 Å². The summed E-state index contributed by atoms with van der Waals surface area (Å²) in [7, 11) is 3.82. The van der Waals surface area contributed by atoms with E-state index in [4.69, 9.17) is 11.6 Å².